The van der Waals surface area contributed by atoms with Gasteiger partial charge in [-0.25, -0.2) is 4.98 Å². The molecular weight excluding hydrogens is 240 g/mol. The Labute approximate surface area is 111 Å². The van der Waals surface area contributed by atoms with Crippen molar-refractivity contribution >= 4 is 16.8 Å². The van der Waals surface area contributed by atoms with E-state index in [0.29, 0.717) is 12.5 Å². The highest BCUT2D eigenvalue weighted by molar-refractivity contribution is 5.77. The van der Waals surface area contributed by atoms with E-state index in [0.717, 1.165) is 28.4 Å². The second kappa shape index (κ2) is 4.76. The highest BCUT2D eigenvalue weighted by Gasteiger charge is 2.09. The number of anilines is 1. The normalized spacial score (nSPS) is 11.3. The van der Waals surface area contributed by atoms with Crippen LogP contribution in [0.3, 0.4) is 0 Å². The average Bonchev–Trinajstić information content (AvgIpc) is 3.04. The van der Waals surface area contributed by atoms with Crippen molar-refractivity contribution in [2.45, 2.75) is 26.3 Å². The molecule has 19 heavy (non-hydrogen) atoms. The van der Waals surface area contributed by atoms with E-state index in [-0.39, 0.29) is 0 Å². The van der Waals surface area contributed by atoms with E-state index < -0.39 is 0 Å². The van der Waals surface area contributed by atoms with Crippen LogP contribution in [0.25, 0.3) is 11.1 Å². The van der Waals surface area contributed by atoms with Gasteiger partial charge in [0.2, 0.25) is 0 Å². The number of hydrogen-bond acceptors (Lipinski definition) is 4. The smallest absolute Gasteiger partial charge is 0.198 e. The first-order valence-corrected chi connectivity index (χ1v) is 6.35. The van der Waals surface area contributed by atoms with Gasteiger partial charge in [-0.15, -0.1) is 0 Å². The van der Waals surface area contributed by atoms with Crippen LogP contribution in [0.5, 0.6) is 0 Å². The number of nitrogens with one attached hydrogen (secondary N) is 2. The zero-order valence-corrected chi connectivity index (χ0v) is 11.0. The molecule has 3 rings (SSSR count). The van der Waals surface area contributed by atoms with Gasteiger partial charge in [0.1, 0.15) is 5.52 Å². The summed E-state index contributed by atoms with van der Waals surface area (Å²) in [6.07, 6.45) is 1.74. The molecule has 0 spiro atoms. The van der Waals surface area contributed by atoms with Gasteiger partial charge >= 0.3 is 0 Å². The van der Waals surface area contributed by atoms with Crippen LogP contribution >= 0.6 is 0 Å². The second-order valence-electron chi connectivity index (χ2n) is 4.82. The van der Waals surface area contributed by atoms with Crippen molar-refractivity contribution in [3.8, 4) is 0 Å². The molecule has 0 atom stereocenters. The first-order chi connectivity index (χ1) is 9.22. The van der Waals surface area contributed by atoms with Crippen molar-refractivity contribution in [3.63, 3.8) is 0 Å². The molecule has 0 amide bonds. The molecule has 5 nitrogen and oxygen atoms in total. The minimum atomic E-state index is 0.300. The van der Waals surface area contributed by atoms with Gasteiger partial charge in [0.15, 0.2) is 11.5 Å². The monoisotopic (exact) mass is 256 g/mol. The average molecular weight is 256 g/mol. The second-order valence-corrected chi connectivity index (χ2v) is 4.82. The quantitative estimate of drug-likeness (QED) is 0.751. The van der Waals surface area contributed by atoms with Gasteiger partial charge in [0.25, 0.3) is 0 Å². The minimum absolute atomic E-state index is 0.300. The third-order valence-corrected chi connectivity index (χ3v) is 2.94. The first-order valence-electron chi connectivity index (χ1n) is 6.35. The molecule has 0 unspecified atom stereocenters. The molecule has 5 heteroatoms. The van der Waals surface area contributed by atoms with Crippen LogP contribution in [0.1, 0.15) is 31.4 Å². The number of oxazole rings is 1. The van der Waals surface area contributed by atoms with E-state index in [4.69, 9.17) is 4.42 Å². The Morgan fingerprint density at radius 2 is 2.21 bits per heavy atom. The summed E-state index contributed by atoms with van der Waals surface area (Å²) in [6, 6.07) is 7.89. The first kappa shape index (κ1) is 11.8. The van der Waals surface area contributed by atoms with Crippen LogP contribution in [0.15, 0.2) is 34.9 Å². The van der Waals surface area contributed by atoms with Crippen LogP contribution in [0.2, 0.25) is 0 Å². The lowest BCUT2D eigenvalue weighted by molar-refractivity contribution is 0.501. The Balaban J connectivity index is 1.80. The van der Waals surface area contributed by atoms with Crippen LogP contribution in [-0.2, 0) is 6.54 Å². The summed E-state index contributed by atoms with van der Waals surface area (Å²) in [7, 11) is 0. The summed E-state index contributed by atoms with van der Waals surface area (Å²) in [5, 5.41) is 10.2. The molecule has 2 aromatic heterocycles. The van der Waals surface area contributed by atoms with Gasteiger partial charge in [-0.1, -0.05) is 13.8 Å². The van der Waals surface area contributed by atoms with Crippen molar-refractivity contribution in [3.05, 3.63) is 42.0 Å². The summed E-state index contributed by atoms with van der Waals surface area (Å²) >= 11 is 0. The van der Waals surface area contributed by atoms with Crippen LogP contribution in [-0.4, -0.2) is 15.2 Å². The molecule has 0 saturated carbocycles. The molecule has 3 aromatic rings. The molecule has 98 valence electrons. The standard InChI is InChI=1S/C14H16N4O/c1-9(2)14-17-12-7-10(3-4-13(12)19-14)15-8-11-5-6-16-18-11/h3-7,9,15H,8H2,1-2H3,(H,16,18). The molecule has 0 fully saturated rings. The van der Waals surface area contributed by atoms with Crippen molar-refractivity contribution < 1.29 is 4.42 Å². The van der Waals surface area contributed by atoms with Crippen LogP contribution in [0.4, 0.5) is 5.69 Å². The molecule has 0 aliphatic rings. The Hall–Kier alpha value is -2.30. The maximum atomic E-state index is 5.68. The SMILES string of the molecule is CC(C)c1nc2cc(NCc3ccn[nH]3)ccc2o1. The fourth-order valence-corrected chi connectivity index (χ4v) is 1.88. The summed E-state index contributed by atoms with van der Waals surface area (Å²) in [6.45, 7) is 4.85. The lowest BCUT2D eigenvalue weighted by Crippen LogP contribution is -1.99. The van der Waals surface area contributed by atoms with E-state index in [1.807, 2.05) is 24.3 Å². The highest BCUT2D eigenvalue weighted by Crippen LogP contribution is 2.23. The molecule has 0 radical (unpaired) electrons. The maximum Gasteiger partial charge on any atom is 0.198 e. The molecule has 0 saturated heterocycles. The number of nitrogens with zero attached hydrogens (tertiary/aromatic N) is 2. The lowest BCUT2D eigenvalue weighted by atomic mass is 10.2. The lowest BCUT2D eigenvalue weighted by Gasteiger charge is -2.03. The summed E-state index contributed by atoms with van der Waals surface area (Å²) in [5.41, 5.74) is 3.78. The predicted octanol–water partition coefficient (Wildman–Crippen LogP) is 3.29. The van der Waals surface area contributed by atoms with Crippen LogP contribution < -0.4 is 5.32 Å². The number of aromatic amines is 1. The molecule has 0 aliphatic carbocycles. The Bertz CT molecular complexity index is 670. The van der Waals surface area contributed by atoms with Gasteiger partial charge in [-0.2, -0.15) is 5.10 Å². The van der Waals surface area contributed by atoms with E-state index in [1.165, 1.54) is 0 Å². The highest BCUT2D eigenvalue weighted by atomic mass is 16.3. The van der Waals surface area contributed by atoms with E-state index in [2.05, 4.69) is 34.3 Å². The Morgan fingerprint density at radius 3 is 2.95 bits per heavy atom. The van der Waals surface area contributed by atoms with E-state index >= 15 is 0 Å². The van der Waals surface area contributed by atoms with Crippen molar-refractivity contribution in [1.29, 1.82) is 0 Å². The summed E-state index contributed by atoms with van der Waals surface area (Å²) in [4.78, 5) is 4.49. The molecular formula is C14H16N4O. The number of H-pyrrole nitrogens is 1. The number of aromatic nitrogens is 3. The van der Waals surface area contributed by atoms with Gasteiger partial charge in [-0.05, 0) is 24.3 Å². The number of hydrogen-bond donors (Lipinski definition) is 2. The van der Waals surface area contributed by atoms with E-state index in [1.54, 1.807) is 6.20 Å². The predicted molar refractivity (Wildman–Crippen MR) is 74.0 cm³/mol. The van der Waals surface area contributed by atoms with Crippen molar-refractivity contribution in [2.24, 2.45) is 0 Å². The van der Waals surface area contributed by atoms with Crippen molar-refractivity contribution in [2.75, 3.05) is 5.32 Å². The molecule has 0 aliphatic heterocycles. The van der Waals surface area contributed by atoms with E-state index in [9.17, 15) is 0 Å². The zero-order valence-electron chi connectivity index (χ0n) is 11.0. The summed E-state index contributed by atoms with van der Waals surface area (Å²) < 4.78 is 5.68. The molecule has 0 bridgehead atoms. The number of rotatable bonds is 4. The fourth-order valence-electron chi connectivity index (χ4n) is 1.88. The third-order valence-electron chi connectivity index (χ3n) is 2.94. The number of fused-ring (bicyclic) bond motifs is 1. The Morgan fingerprint density at radius 1 is 1.32 bits per heavy atom. The maximum absolute atomic E-state index is 5.68. The minimum Gasteiger partial charge on any atom is -0.440 e. The van der Waals surface area contributed by atoms with Gasteiger partial charge in [0.05, 0.1) is 12.2 Å². The Kier molecular flexibility index (Phi) is 2.95. The zero-order chi connectivity index (χ0) is 13.2. The van der Waals surface area contributed by atoms with Gasteiger partial charge in [-0.3, -0.25) is 5.10 Å². The third kappa shape index (κ3) is 2.45. The topological polar surface area (TPSA) is 66.7 Å². The fraction of sp³-hybridized carbons (Fsp3) is 0.286. The molecule has 2 heterocycles. The van der Waals surface area contributed by atoms with Gasteiger partial charge in [0, 0.05) is 17.8 Å². The van der Waals surface area contributed by atoms with Crippen LogP contribution in [0, 0.1) is 0 Å². The summed E-state index contributed by atoms with van der Waals surface area (Å²) in [5.74, 6) is 1.08. The van der Waals surface area contributed by atoms with Gasteiger partial charge < -0.3 is 9.73 Å². The van der Waals surface area contributed by atoms with Crippen molar-refractivity contribution in [1.82, 2.24) is 15.2 Å². The molecule has 1 aromatic carbocycles. The molecule has 2 N–H and O–H groups in total. The number of benzene rings is 1. The largest absolute Gasteiger partial charge is 0.440 e.